The molecule has 0 unspecified atom stereocenters. The van der Waals surface area contributed by atoms with Crippen LogP contribution in [0.1, 0.15) is 16.7 Å². The molecule has 1 aromatic heterocycles. The molecule has 2 aromatic carbocycles. The maximum Gasteiger partial charge on any atom is 0.283 e. The van der Waals surface area contributed by atoms with Crippen LogP contribution in [0, 0.1) is 21.7 Å². The van der Waals surface area contributed by atoms with E-state index in [9.17, 15) is 23.3 Å². The highest BCUT2D eigenvalue weighted by molar-refractivity contribution is 5.74. The highest BCUT2D eigenvalue weighted by Crippen LogP contribution is 2.35. The van der Waals surface area contributed by atoms with Crippen LogP contribution in [0.3, 0.4) is 0 Å². The van der Waals surface area contributed by atoms with E-state index in [1.807, 2.05) is 0 Å². The topological polar surface area (TPSA) is 68.5 Å². The minimum absolute atomic E-state index is 0.0817. The summed E-state index contributed by atoms with van der Waals surface area (Å²) in [6, 6.07) is 9.80. The van der Waals surface area contributed by atoms with Crippen LogP contribution >= 0.6 is 0 Å². The molecule has 168 valence electrons. The summed E-state index contributed by atoms with van der Waals surface area (Å²) < 4.78 is 45.9. The molecule has 1 heterocycles. The summed E-state index contributed by atoms with van der Waals surface area (Å²) in [6.45, 7) is -0.539. The molecule has 0 saturated carbocycles. The first-order chi connectivity index (χ1) is 15.3. The van der Waals surface area contributed by atoms with E-state index in [1.165, 1.54) is 42.6 Å². The SMILES string of the molecule is CN(C)Cc1cc(Cc2c(F)cccc2F)cc(-c2ccc(OCCF)cn2)c1[N+](=O)[O-]. The summed E-state index contributed by atoms with van der Waals surface area (Å²) in [6.07, 6.45) is 1.27. The lowest BCUT2D eigenvalue weighted by atomic mass is 9.95. The van der Waals surface area contributed by atoms with Gasteiger partial charge in [-0.2, -0.15) is 0 Å². The maximum absolute atomic E-state index is 14.2. The minimum Gasteiger partial charge on any atom is -0.489 e. The second-order valence-electron chi connectivity index (χ2n) is 7.44. The van der Waals surface area contributed by atoms with Crippen LogP contribution < -0.4 is 4.74 Å². The molecule has 0 N–H and O–H groups in total. The number of pyridine rings is 1. The first-order valence-electron chi connectivity index (χ1n) is 9.83. The fourth-order valence-electron chi connectivity index (χ4n) is 3.42. The van der Waals surface area contributed by atoms with Crippen molar-refractivity contribution in [3.05, 3.63) is 87.1 Å². The second kappa shape index (κ2) is 10.2. The Hall–Kier alpha value is -3.46. The van der Waals surface area contributed by atoms with E-state index in [0.717, 1.165) is 0 Å². The second-order valence-corrected chi connectivity index (χ2v) is 7.44. The van der Waals surface area contributed by atoms with Crippen molar-refractivity contribution in [1.29, 1.82) is 0 Å². The Bertz CT molecular complexity index is 1090. The summed E-state index contributed by atoms with van der Waals surface area (Å²) in [7, 11) is 3.53. The molecule has 0 radical (unpaired) electrons. The Kier molecular flexibility index (Phi) is 7.42. The Morgan fingerprint density at radius 3 is 2.41 bits per heavy atom. The van der Waals surface area contributed by atoms with E-state index in [0.29, 0.717) is 22.6 Å². The van der Waals surface area contributed by atoms with Gasteiger partial charge in [-0.05, 0) is 56.1 Å². The Labute approximate surface area is 183 Å². The zero-order valence-electron chi connectivity index (χ0n) is 17.6. The number of nitro benzene ring substituents is 1. The third kappa shape index (κ3) is 5.42. The van der Waals surface area contributed by atoms with Crippen LogP contribution in [0.15, 0.2) is 48.7 Å². The average Bonchev–Trinajstić information content (AvgIpc) is 2.74. The van der Waals surface area contributed by atoms with Gasteiger partial charge < -0.3 is 9.64 Å². The van der Waals surface area contributed by atoms with E-state index in [1.54, 1.807) is 25.1 Å². The summed E-state index contributed by atoms with van der Waals surface area (Å²) >= 11 is 0. The maximum atomic E-state index is 14.2. The first kappa shape index (κ1) is 23.2. The molecule has 0 spiro atoms. The number of benzene rings is 2. The van der Waals surface area contributed by atoms with E-state index in [-0.39, 0.29) is 36.4 Å². The quantitative estimate of drug-likeness (QED) is 0.345. The molecule has 0 fully saturated rings. The lowest BCUT2D eigenvalue weighted by molar-refractivity contribution is -0.385. The molecule has 9 heteroatoms. The zero-order chi connectivity index (χ0) is 23.3. The molecule has 0 saturated heterocycles. The average molecular weight is 445 g/mol. The van der Waals surface area contributed by atoms with Crippen LogP contribution in [-0.4, -0.2) is 42.2 Å². The summed E-state index contributed by atoms with van der Waals surface area (Å²) in [5.74, 6) is -1.05. The van der Waals surface area contributed by atoms with Crippen LogP contribution in [0.2, 0.25) is 0 Å². The fraction of sp³-hybridized carbons (Fsp3) is 0.261. The Balaban J connectivity index is 2.13. The number of halogens is 3. The smallest absolute Gasteiger partial charge is 0.283 e. The number of ether oxygens (including phenoxy) is 1. The monoisotopic (exact) mass is 445 g/mol. The molecule has 0 bridgehead atoms. The predicted molar refractivity (Wildman–Crippen MR) is 114 cm³/mol. The first-order valence-corrected chi connectivity index (χ1v) is 9.83. The van der Waals surface area contributed by atoms with Crippen LogP contribution in [0.4, 0.5) is 18.9 Å². The van der Waals surface area contributed by atoms with Gasteiger partial charge in [0.1, 0.15) is 30.7 Å². The van der Waals surface area contributed by atoms with E-state index in [4.69, 9.17) is 4.74 Å². The fourth-order valence-corrected chi connectivity index (χ4v) is 3.42. The van der Waals surface area contributed by atoms with Crippen molar-refractivity contribution in [1.82, 2.24) is 9.88 Å². The molecular weight excluding hydrogens is 423 g/mol. The van der Waals surface area contributed by atoms with Crippen LogP contribution in [0.5, 0.6) is 5.75 Å². The van der Waals surface area contributed by atoms with Gasteiger partial charge in [-0.3, -0.25) is 15.1 Å². The predicted octanol–water partition coefficient (Wildman–Crippen LogP) is 4.94. The number of aromatic nitrogens is 1. The molecule has 0 atom stereocenters. The van der Waals surface area contributed by atoms with Gasteiger partial charge in [0.2, 0.25) is 0 Å². The molecule has 0 aliphatic carbocycles. The summed E-state index contributed by atoms with van der Waals surface area (Å²) in [5, 5.41) is 12.0. The minimum atomic E-state index is -0.688. The molecule has 6 nitrogen and oxygen atoms in total. The number of hydrogen-bond acceptors (Lipinski definition) is 5. The van der Waals surface area contributed by atoms with Gasteiger partial charge in [-0.25, -0.2) is 13.2 Å². The Morgan fingerprint density at radius 1 is 1.12 bits per heavy atom. The number of rotatable bonds is 9. The lowest BCUT2D eigenvalue weighted by Crippen LogP contribution is -2.13. The summed E-state index contributed by atoms with van der Waals surface area (Å²) in [4.78, 5) is 17.5. The normalized spacial score (nSPS) is 11.1. The highest BCUT2D eigenvalue weighted by atomic mass is 19.1. The van der Waals surface area contributed by atoms with Crippen molar-refractivity contribution < 1.29 is 22.8 Å². The van der Waals surface area contributed by atoms with Crippen molar-refractivity contribution in [2.75, 3.05) is 27.4 Å². The molecule has 0 aliphatic heterocycles. The number of nitrogens with zero attached hydrogens (tertiary/aromatic N) is 3. The zero-order valence-corrected chi connectivity index (χ0v) is 17.6. The van der Waals surface area contributed by atoms with Gasteiger partial charge in [0.25, 0.3) is 5.69 Å². The summed E-state index contributed by atoms with van der Waals surface area (Å²) in [5.41, 5.74) is 1.15. The third-order valence-electron chi connectivity index (χ3n) is 4.72. The van der Waals surface area contributed by atoms with Gasteiger partial charge in [0.15, 0.2) is 0 Å². The molecule has 3 aromatic rings. The Morgan fingerprint density at radius 2 is 1.84 bits per heavy atom. The third-order valence-corrected chi connectivity index (χ3v) is 4.72. The van der Waals surface area contributed by atoms with E-state index >= 15 is 0 Å². The van der Waals surface area contributed by atoms with Gasteiger partial charge >= 0.3 is 0 Å². The van der Waals surface area contributed by atoms with Gasteiger partial charge in [0.05, 0.1) is 22.4 Å². The highest BCUT2D eigenvalue weighted by Gasteiger charge is 2.24. The van der Waals surface area contributed by atoms with Crippen LogP contribution in [-0.2, 0) is 13.0 Å². The van der Waals surface area contributed by atoms with Crippen LogP contribution in [0.25, 0.3) is 11.3 Å². The van der Waals surface area contributed by atoms with Crippen molar-refractivity contribution in [3.8, 4) is 17.0 Å². The van der Waals surface area contributed by atoms with Crippen molar-refractivity contribution >= 4 is 5.69 Å². The van der Waals surface area contributed by atoms with Crippen molar-refractivity contribution in [2.24, 2.45) is 0 Å². The van der Waals surface area contributed by atoms with Gasteiger partial charge in [0, 0.05) is 24.1 Å². The standard InChI is InChI=1S/C23H22F3N3O3/c1-28(2)14-16-10-15(11-18-20(25)4-3-5-21(18)26)12-19(23(16)29(30)31)22-7-6-17(13-27-22)32-9-8-24/h3-7,10,12-13H,8-9,11,14H2,1-2H3. The molecule has 3 rings (SSSR count). The number of nitro groups is 1. The molecule has 0 aliphatic rings. The van der Waals surface area contributed by atoms with Crippen molar-refractivity contribution in [3.63, 3.8) is 0 Å². The van der Waals surface area contributed by atoms with Gasteiger partial charge in [-0.15, -0.1) is 0 Å². The number of alkyl halides is 1. The number of hydrogen-bond donors (Lipinski definition) is 0. The molecule has 0 amide bonds. The largest absolute Gasteiger partial charge is 0.489 e. The van der Waals surface area contributed by atoms with Crippen molar-refractivity contribution in [2.45, 2.75) is 13.0 Å². The lowest BCUT2D eigenvalue weighted by Gasteiger charge is -2.15. The van der Waals surface area contributed by atoms with E-state index < -0.39 is 23.2 Å². The molecular formula is C23H22F3N3O3. The van der Waals surface area contributed by atoms with Gasteiger partial charge in [-0.1, -0.05) is 6.07 Å². The van der Waals surface area contributed by atoms with E-state index in [2.05, 4.69) is 4.98 Å². The molecule has 32 heavy (non-hydrogen) atoms.